The van der Waals surface area contributed by atoms with E-state index in [4.69, 9.17) is 0 Å². The second-order valence-electron chi connectivity index (χ2n) is 7.17. The fraction of sp³-hybridized carbons (Fsp3) is 0.167. The zero-order valence-electron chi connectivity index (χ0n) is 15.4. The molecule has 0 spiro atoms. The van der Waals surface area contributed by atoms with Gasteiger partial charge < -0.3 is 4.98 Å². The van der Waals surface area contributed by atoms with Crippen molar-refractivity contribution in [2.45, 2.75) is 18.2 Å². The number of nitrogens with one attached hydrogen (secondary N) is 1. The zero-order chi connectivity index (χ0) is 18.9. The lowest BCUT2D eigenvalue weighted by Crippen LogP contribution is -2.31. The Labute approximate surface area is 168 Å². The standard InChI is InChI=1S/C24H21FN2S/c25-19-10-6-9-18(15-19)24-23-21(20-11-4-5-12-22(20)26-23)13-14-27(24)28-16-17-7-2-1-3-8-17/h1-12,15,24,26H,13-14,16H2. The lowest BCUT2D eigenvalue weighted by molar-refractivity contribution is 0.378. The lowest BCUT2D eigenvalue weighted by Gasteiger charge is -2.35. The van der Waals surface area contributed by atoms with Gasteiger partial charge in [-0.3, -0.25) is 0 Å². The molecule has 0 saturated heterocycles. The number of rotatable bonds is 4. The van der Waals surface area contributed by atoms with Gasteiger partial charge in [0, 0.05) is 28.9 Å². The van der Waals surface area contributed by atoms with E-state index in [2.05, 4.69) is 57.8 Å². The van der Waals surface area contributed by atoms with Gasteiger partial charge in [0.15, 0.2) is 0 Å². The Morgan fingerprint density at radius 1 is 0.964 bits per heavy atom. The Morgan fingerprint density at radius 3 is 2.64 bits per heavy atom. The van der Waals surface area contributed by atoms with Crippen LogP contribution in [-0.4, -0.2) is 15.8 Å². The van der Waals surface area contributed by atoms with Crippen LogP contribution in [0.1, 0.15) is 28.4 Å². The summed E-state index contributed by atoms with van der Waals surface area (Å²) in [7, 11) is 0. The third-order valence-electron chi connectivity index (χ3n) is 5.39. The number of halogens is 1. The van der Waals surface area contributed by atoms with Crippen molar-refractivity contribution in [3.05, 3.63) is 107 Å². The van der Waals surface area contributed by atoms with E-state index in [1.54, 1.807) is 6.07 Å². The maximum atomic E-state index is 14.0. The number of aromatic amines is 1. The number of benzene rings is 3. The molecule has 2 heterocycles. The number of aromatic nitrogens is 1. The van der Waals surface area contributed by atoms with Crippen molar-refractivity contribution in [2.24, 2.45) is 0 Å². The van der Waals surface area contributed by atoms with E-state index in [0.29, 0.717) is 0 Å². The molecule has 1 unspecified atom stereocenters. The van der Waals surface area contributed by atoms with Gasteiger partial charge in [-0.25, -0.2) is 8.70 Å². The summed E-state index contributed by atoms with van der Waals surface area (Å²) in [6.07, 6.45) is 0.993. The maximum Gasteiger partial charge on any atom is 0.123 e. The van der Waals surface area contributed by atoms with Crippen LogP contribution in [0.15, 0.2) is 78.9 Å². The van der Waals surface area contributed by atoms with Crippen LogP contribution in [0.5, 0.6) is 0 Å². The van der Waals surface area contributed by atoms with Crippen molar-refractivity contribution in [3.8, 4) is 0 Å². The second-order valence-corrected chi connectivity index (χ2v) is 8.19. The molecule has 3 aromatic carbocycles. The summed E-state index contributed by atoms with van der Waals surface area (Å²) in [5.74, 6) is 0.719. The van der Waals surface area contributed by atoms with Crippen LogP contribution in [-0.2, 0) is 12.2 Å². The van der Waals surface area contributed by atoms with Gasteiger partial charge in [-0.2, -0.15) is 0 Å². The summed E-state index contributed by atoms with van der Waals surface area (Å²) in [4.78, 5) is 3.63. The minimum atomic E-state index is -0.186. The van der Waals surface area contributed by atoms with E-state index < -0.39 is 0 Å². The second kappa shape index (κ2) is 7.46. The molecule has 1 aromatic heterocycles. The van der Waals surface area contributed by atoms with Crippen molar-refractivity contribution in [1.82, 2.24) is 9.29 Å². The van der Waals surface area contributed by atoms with Gasteiger partial charge in [0.05, 0.1) is 6.04 Å². The molecule has 0 radical (unpaired) electrons. The molecule has 4 aromatic rings. The summed E-state index contributed by atoms with van der Waals surface area (Å²) >= 11 is 1.82. The van der Waals surface area contributed by atoms with Gasteiger partial charge in [-0.15, -0.1) is 0 Å². The lowest BCUT2D eigenvalue weighted by atomic mass is 9.94. The first kappa shape index (κ1) is 17.5. The van der Waals surface area contributed by atoms with E-state index in [-0.39, 0.29) is 11.9 Å². The third kappa shape index (κ3) is 3.23. The van der Waals surface area contributed by atoms with E-state index in [0.717, 1.165) is 29.8 Å². The average Bonchev–Trinajstić information content (AvgIpc) is 3.11. The quantitative estimate of drug-likeness (QED) is 0.426. The highest BCUT2D eigenvalue weighted by atomic mass is 32.2. The van der Waals surface area contributed by atoms with Crippen molar-refractivity contribution in [1.29, 1.82) is 0 Å². The van der Waals surface area contributed by atoms with Crippen molar-refractivity contribution >= 4 is 22.9 Å². The van der Waals surface area contributed by atoms with Crippen LogP contribution in [0.25, 0.3) is 10.9 Å². The largest absolute Gasteiger partial charge is 0.357 e. The number of hydrogen-bond donors (Lipinski definition) is 1. The minimum Gasteiger partial charge on any atom is -0.357 e. The van der Waals surface area contributed by atoms with Crippen molar-refractivity contribution < 1.29 is 4.39 Å². The average molecular weight is 389 g/mol. The highest BCUT2D eigenvalue weighted by Crippen LogP contribution is 2.42. The van der Waals surface area contributed by atoms with Crippen molar-refractivity contribution in [3.63, 3.8) is 0 Å². The predicted molar refractivity (Wildman–Crippen MR) is 115 cm³/mol. The molecule has 0 aliphatic carbocycles. The minimum absolute atomic E-state index is 0.0144. The molecule has 1 N–H and O–H groups in total. The van der Waals surface area contributed by atoms with Gasteiger partial charge in [-0.1, -0.05) is 72.6 Å². The zero-order valence-corrected chi connectivity index (χ0v) is 16.3. The number of H-pyrrole nitrogens is 1. The first-order valence-electron chi connectivity index (χ1n) is 9.58. The molecule has 5 rings (SSSR count). The molecule has 140 valence electrons. The van der Waals surface area contributed by atoms with Gasteiger partial charge >= 0.3 is 0 Å². The van der Waals surface area contributed by atoms with Crippen LogP contribution in [0.3, 0.4) is 0 Å². The van der Waals surface area contributed by atoms with E-state index >= 15 is 0 Å². The van der Waals surface area contributed by atoms with Crippen LogP contribution in [0.4, 0.5) is 4.39 Å². The van der Waals surface area contributed by atoms with Gasteiger partial charge in [-0.05, 0) is 41.3 Å². The number of fused-ring (bicyclic) bond motifs is 3. The first-order valence-corrected chi connectivity index (χ1v) is 10.5. The molecule has 0 saturated carbocycles. The number of para-hydroxylation sites is 1. The molecular weight excluding hydrogens is 367 g/mol. The summed E-state index contributed by atoms with van der Waals surface area (Å²) in [5, 5.41) is 1.28. The van der Waals surface area contributed by atoms with Crippen LogP contribution >= 0.6 is 11.9 Å². The molecule has 4 heteroatoms. The Hall–Kier alpha value is -2.56. The van der Waals surface area contributed by atoms with E-state index in [1.165, 1.54) is 28.3 Å². The first-order chi connectivity index (χ1) is 13.8. The highest BCUT2D eigenvalue weighted by molar-refractivity contribution is 7.96. The van der Waals surface area contributed by atoms with Gasteiger partial charge in [0.1, 0.15) is 5.82 Å². The Morgan fingerprint density at radius 2 is 1.79 bits per heavy atom. The topological polar surface area (TPSA) is 19.0 Å². The fourth-order valence-electron chi connectivity index (χ4n) is 4.10. The molecule has 1 atom stereocenters. The normalized spacial score (nSPS) is 17.0. The summed E-state index contributed by atoms with van der Waals surface area (Å²) in [6.45, 7) is 0.938. The monoisotopic (exact) mass is 388 g/mol. The Kier molecular flexibility index (Phi) is 4.67. The fourth-order valence-corrected chi connectivity index (χ4v) is 5.20. The van der Waals surface area contributed by atoms with Gasteiger partial charge in [0.25, 0.3) is 0 Å². The summed E-state index contributed by atoms with van der Waals surface area (Å²) in [6, 6.07) is 26.0. The third-order valence-corrected chi connectivity index (χ3v) is 6.58. The molecule has 1 aliphatic rings. The predicted octanol–water partition coefficient (Wildman–Crippen LogP) is 6.10. The summed E-state index contributed by atoms with van der Waals surface area (Å²) < 4.78 is 16.4. The molecule has 0 fully saturated rings. The molecule has 0 bridgehead atoms. The molecule has 1 aliphatic heterocycles. The van der Waals surface area contributed by atoms with E-state index in [9.17, 15) is 4.39 Å². The Balaban J connectivity index is 1.55. The van der Waals surface area contributed by atoms with Crippen LogP contribution in [0.2, 0.25) is 0 Å². The molecular formula is C24H21FN2S. The van der Waals surface area contributed by atoms with E-state index in [1.807, 2.05) is 30.1 Å². The maximum absolute atomic E-state index is 14.0. The van der Waals surface area contributed by atoms with Gasteiger partial charge in [0.2, 0.25) is 0 Å². The Bertz CT molecular complexity index is 1110. The van der Waals surface area contributed by atoms with Crippen molar-refractivity contribution in [2.75, 3.05) is 6.54 Å². The highest BCUT2D eigenvalue weighted by Gasteiger charge is 2.32. The number of nitrogens with zero attached hydrogens (tertiary/aromatic N) is 1. The summed E-state index contributed by atoms with van der Waals surface area (Å²) in [5.41, 5.74) is 6.00. The SMILES string of the molecule is Fc1cccc(C2c3[nH]c4ccccc4c3CCN2SCc2ccccc2)c1. The molecule has 0 amide bonds. The van der Waals surface area contributed by atoms with Crippen LogP contribution in [0, 0.1) is 5.82 Å². The number of hydrogen-bond acceptors (Lipinski definition) is 2. The smallest absolute Gasteiger partial charge is 0.123 e. The molecule has 28 heavy (non-hydrogen) atoms. The molecule has 2 nitrogen and oxygen atoms in total. The van der Waals surface area contributed by atoms with Crippen LogP contribution < -0.4 is 0 Å².